The van der Waals surface area contributed by atoms with E-state index in [-0.39, 0.29) is 24.2 Å². The molecule has 2 aliphatic heterocycles. The van der Waals surface area contributed by atoms with Gasteiger partial charge in [-0.25, -0.2) is 0 Å². The quantitative estimate of drug-likeness (QED) is 0.701. The third-order valence-electron chi connectivity index (χ3n) is 3.15. The molecule has 2 aliphatic rings. The van der Waals surface area contributed by atoms with Gasteiger partial charge in [0.25, 0.3) is 0 Å². The number of hydrogen-bond acceptors (Lipinski definition) is 5. The number of fused-ring (bicyclic) bond motifs is 1. The van der Waals surface area contributed by atoms with E-state index in [1.54, 1.807) is 27.3 Å². The smallest absolute Gasteiger partial charge is 0.245 e. The number of carbonyl (C=O) groups excluding carboxylic acids is 1. The van der Waals surface area contributed by atoms with Gasteiger partial charge < -0.3 is 23.8 Å². The monoisotopic (exact) mass is 271 g/mol. The van der Waals surface area contributed by atoms with Crippen LogP contribution in [0.15, 0.2) is 12.2 Å². The van der Waals surface area contributed by atoms with Crippen molar-refractivity contribution in [2.45, 2.75) is 44.2 Å². The summed E-state index contributed by atoms with van der Waals surface area (Å²) < 4.78 is 22.5. The molecule has 2 heterocycles. The van der Waals surface area contributed by atoms with Crippen molar-refractivity contribution >= 4 is 5.91 Å². The van der Waals surface area contributed by atoms with E-state index in [1.807, 2.05) is 13.8 Å². The van der Waals surface area contributed by atoms with Gasteiger partial charge in [-0.2, -0.15) is 0 Å². The molecule has 0 aliphatic carbocycles. The van der Waals surface area contributed by atoms with Gasteiger partial charge in [-0.3, -0.25) is 4.79 Å². The van der Waals surface area contributed by atoms with E-state index in [2.05, 4.69) is 0 Å². The molecule has 4 atom stereocenters. The van der Waals surface area contributed by atoms with Crippen LogP contribution in [0.2, 0.25) is 0 Å². The summed E-state index contributed by atoms with van der Waals surface area (Å²) in [4.78, 5) is 13.0. The summed E-state index contributed by atoms with van der Waals surface area (Å²) in [6, 6.07) is 0. The van der Waals surface area contributed by atoms with E-state index in [9.17, 15) is 4.79 Å². The number of methoxy groups -OCH3 is 1. The normalized spacial score (nSPS) is 36.7. The molecule has 0 aromatic rings. The molecule has 2 fully saturated rings. The number of rotatable bonds is 3. The minimum atomic E-state index is -0.659. The fraction of sp³-hybridized carbons (Fsp3) is 0.769. The minimum Gasteiger partial charge on any atom is -0.353 e. The maximum Gasteiger partial charge on any atom is 0.245 e. The van der Waals surface area contributed by atoms with Gasteiger partial charge in [0.05, 0.1) is 0 Å². The van der Waals surface area contributed by atoms with Gasteiger partial charge in [-0.05, 0) is 19.9 Å². The molecule has 0 saturated carbocycles. The number of likely N-dealkylation sites (N-methyl/N-ethyl adjacent to an activating group) is 1. The van der Waals surface area contributed by atoms with Crippen molar-refractivity contribution in [1.82, 2.24) is 4.90 Å². The number of hydrogen-bond donors (Lipinski definition) is 0. The first-order valence-corrected chi connectivity index (χ1v) is 6.27. The Morgan fingerprint density at radius 1 is 1.26 bits per heavy atom. The lowest BCUT2D eigenvalue weighted by Gasteiger charge is -2.22. The molecular formula is C13H21NO5. The zero-order valence-electron chi connectivity index (χ0n) is 12.0. The Labute approximate surface area is 113 Å². The van der Waals surface area contributed by atoms with Crippen LogP contribution in [-0.2, 0) is 23.7 Å². The maximum absolute atomic E-state index is 11.6. The average Bonchev–Trinajstić information content (AvgIpc) is 2.79. The second-order valence-electron chi connectivity index (χ2n) is 5.36. The highest BCUT2D eigenvalue weighted by atomic mass is 16.8. The van der Waals surface area contributed by atoms with Crippen molar-refractivity contribution in [2.75, 3.05) is 21.2 Å². The molecule has 0 radical (unpaired) electrons. The first-order chi connectivity index (χ1) is 8.84. The molecule has 1 amide bonds. The van der Waals surface area contributed by atoms with Crippen molar-refractivity contribution < 1.29 is 23.7 Å². The lowest BCUT2D eigenvalue weighted by molar-refractivity contribution is -0.221. The molecule has 108 valence electrons. The second-order valence-corrected chi connectivity index (χ2v) is 5.36. The van der Waals surface area contributed by atoms with Gasteiger partial charge >= 0.3 is 0 Å². The lowest BCUT2D eigenvalue weighted by atomic mass is 10.1. The highest BCUT2D eigenvalue weighted by molar-refractivity contribution is 5.87. The molecule has 2 saturated heterocycles. The van der Waals surface area contributed by atoms with E-state index < -0.39 is 12.1 Å². The molecule has 0 bridgehead atoms. The summed E-state index contributed by atoms with van der Waals surface area (Å²) in [7, 11) is 4.95. The van der Waals surface area contributed by atoms with Crippen LogP contribution in [0.5, 0.6) is 0 Å². The van der Waals surface area contributed by atoms with E-state index in [1.165, 1.54) is 11.0 Å². The van der Waals surface area contributed by atoms with Crippen LogP contribution in [0.3, 0.4) is 0 Å². The molecule has 6 nitrogen and oxygen atoms in total. The molecule has 0 unspecified atom stereocenters. The number of amides is 1. The summed E-state index contributed by atoms with van der Waals surface area (Å²) >= 11 is 0. The highest BCUT2D eigenvalue weighted by Gasteiger charge is 2.54. The Balaban J connectivity index is 2.08. The Kier molecular flexibility index (Phi) is 3.96. The van der Waals surface area contributed by atoms with Crippen LogP contribution < -0.4 is 0 Å². The maximum atomic E-state index is 11.6. The summed E-state index contributed by atoms with van der Waals surface area (Å²) in [6.07, 6.45) is 1.82. The van der Waals surface area contributed by atoms with E-state index in [0.29, 0.717) is 0 Å². The standard InChI is InChI=1S/C13H21NO5/c1-13(2)18-10-8(6-7-9(15)14(3)4)17-12(16-5)11(10)19-13/h6-8,10-12H,1-5H3/t8-,10+,11+,12+/m0/s1. The fourth-order valence-corrected chi connectivity index (χ4v) is 2.26. The van der Waals surface area contributed by atoms with Gasteiger partial charge in [-0.15, -0.1) is 0 Å². The molecule has 0 aromatic heterocycles. The summed E-state index contributed by atoms with van der Waals surface area (Å²) in [5.74, 6) is -0.757. The van der Waals surface area contributed by atoms with Crippen molar-refractivity contribution in [3.8, 4) is 0 Å². The van der Waals surface area contributed by atoms with Crippen LogP contribution in [0.25, 0.3) is 0 Å². The molecule has 2 rings (SSSR count). The highest BCUT2D eigenvalue weighted by Crippen LogP contribution is 2.39. The van der Waals surface area contributed by atoms with Crippen molar-refractivity contribution in [3.63, 3.8) is 0 Å². The Morgan fingerprint density at radius 2 is 1.89 bits per heavy atom. The predicted molar refractivity (Wildman–Crippen MR) is 67.3 cm³/mol. The number of carbonyl (C=O) groups is 1. The summed E-state index contributed by atoms with van der Waals surface area (Å²) in [5.41, 5.74) is 0. The zero-order valence-corrected chi connectivity index (χ0v) is 12.0. The first kappa shape index (κ1) is 14.5. The Morgan fingerprint density at radius 3 is 2.47 bits per heavy atom. The molecule has 6 heteroatoms. The summed E-state index contributed by atoms with van der Waals surface area (Å²) in [5, 5.41) is 0. The summed E-state index contributed by atoms with van der Waals surface area (Å²) in [6.45, 7) is 3.70. The number of ether oxygens (including phenoxy) is 4. The van der Waals surface area contributed by atoms with E-state index in [4.69, 9.17) is 18.9 Å². The zero-order chi connectivity index (χ0) is 14.2. The first-order valence-electron chi connectivity index (χ1n) is 6.27. The predicted octanol–water partition coefficient (Wildman–Crippen LogP) is 0.522. The van der Waals surface area contributed by atoms with Gasteiger partial charge in [0, 0.05) is 27.3 Å². The molecule has 0 spiro atoms. The van der Waals surface area contributed by atoms with Gasteiger partial charge in [0.1, 0.15) is 18.3 Å². The average molecular weight is 271 g/mol. The minimum absolute atomic E-state index is 0.0980. The van der Waals surface area contributed by atoms with Crippen LogP contribution in [0.4, 0.5) is 0 Å². The SMILES string of the molecule is CO[C@@H]1O[C@@H](C=CC(=O)N(C)C)[C@H]2OC(C)(C)O[C@@H]12. The largest absolute Gasteiger partial charge is 0.353 e. The molecule has 19 heavy (non-hydrogen) atoms. The van der Waals surface area contributed by atoms with E-state index in [0.717, 1.165) is 0 Å². The third kappa shape index (κ3) is 2.97. The van der Waals surface area contributed by atoms with Crippen LogP contribution in [-0.4, -0.2) is 62.4 Å². The number of nitrogens with zero attached hydrogens (tertiary/aromatic N) is 1. The topological polar surface area (TPSA) is 57.2 Å². The molecule has 0 N–H and O–H groups in total. The fourth-order valence-electron chi connectivity index (χ4n) is 2.26. The molecule has 0 aromatic carbocycles. The van der Waals surface area contributed by atoms with Crippen LogP contribution in [0.1, 0.15) is 13.8 Å². The van der Waals surface area contributed by atoms with Gasteiger partial charge in [0.15, 0.2) is 12.1 Å². The van der Waals surface area contributed by atoms with Crippen LogP contribution in [0, 0.1) is 0 Å². The third-order valence-corrected chi connectivity index (χ3v) is 3.15. The second kappa shape index (κ2) is 5.20. The van der Waals surface area contributed by atoms with Crippen molar-refractivity contribution in [2.24, 2.45) is 0 Å². The van der Waals surface area contributed by atoms with Crippen molar-refractivity contribution in [3.05, 3.63) is 12.2 Å². The Hall–Kier alpha value is -0.950. The van der Waals surface area contributed by atoms with Crippen molar-refractivity contribution in [1.29, 1.82) is 0 Å². The van der Waals surface area contributed by atoms with Gasteiger partial charge in [0.2, 0.25) is 5.91 Å². The van der Waals surface area contributed by atoms with E-state index >= 15 is 0 Å². The Bertz CT molecular complexity index is 379. The van der Waals surface area contributed by atoms with Gasteiger partial charge in [-0.1, -0.05) is 0 Å². The van der Waals surface area contributed by atoms with Crippen LogP contribution >= 0.6 is 0 Å². The molecular weight excluding hydrogens is 250 g/mol. The lowest BCUT2D eigenvalue weighted by Crippen LogP contribution is -2.30.